The van der Waals surface area contributed by atoms with E-state index < -0.39 is 17.3 Å². The van der Waals surface area contributed by atoms with E-state index in [9.17, 15) is 14.3 Å². The van der Waals surface area contributed by atoms with E-state index in [2.05, 4.69) is 15.9 Å². The number of primary amides is 1. The predicted octanol–water partition coefficient (Wildman–Crippen LogP) is 1.91. The standard InChI is InChI=1S/C10H11BrFNO2/c1-10(2,15)8-6(11)3-5(9(13)14)4-7(8)12/h3-4,15H,1-2H3,(H2,13,14). The third-order valence-corrected chi connectivity index (χ3v) is 2.56. The fourth-order valence-corrected chi connectivity index (χ4v) is 2.22. The van der Waals surface area contributed by atoms with Crippen molar-refractivity contribution in [3.05, 3.63) is 33.5 Å². The van der Waals surface area contributed by atoms with Crippen molar-refractivity contribution in [3.8, 4) is 0 Å². The molecule has 1 aromatic carbocycles. The summed E-state index contributed by atoms with van der Waals surface area (Å²) in [5, 5.41) is 9.69. The lowest BCUT2D eigenvalue weighted by Crippen LogP contribution is -2.20. The summed E-state index contributed by atoms with van der Waals surface area (Å²) in [6.07, 6.45) is 0. The monoisotopic (exact) mass is 275 g/mol. The number of nitrogens with two attached hydrogens (primary N) is 1. The van der Waals surface area contributed by atoms with Gasteiger partial charge < -0.3 is 10.8 Å². The third kappa shape index (κ3) is 2.54. The second kappa shape index (κ2) is 3.90. The second-order valence-corrected chi connectivity index (χ2v) is 4.59. The fourth-order valence-electron chi connectivity index (χ4n) is 1.30. The normalized spacial score (nSPS) is 11.5. The van der Waals surface area contributed by atoms with Crippen molar-refractivity contribution in [2.24, 2.45) is 5.73 Å². The number of carbonyl (C=O) groups is 1. The minimum Gasteiger partial charge on any atom is -0.386 e. The Morgan fingerprint density at radius 3 is 2.40 bits per heavy atom. The van der Waals surface area contributed by atoms with Gasteiger partial charge in [-0.25, -0.2) is 4.39 Å². The molecular formula is C10H11BrFNO2. The van der Waals surface area contributed by atoms with Gasteiger partial charge in [0.15, 0.2) is 0 Å². The number of carbonyl (C=O) groups excluding carboxylic acids is 1. The third-order valence-electron chi connectivity index (χ3n) is 1.94. The van der Waals surface area contributed by atoms with Gasteiger partial charge in [-0.3, -0.25) is 4.79 Å². The molecule has 0 unspecified atom stereocenters. The molecule has 0 saturated heterocycles. The first-order valence-electron chi connectivity index (χ1n) is 4.25. The molecule has 3 N–H and O–H groups in total. The molecule has 0 bridgehead atoms. The highest BCUT2D eigenvalue weighted by Crippen LogP contribution is 2.31. The van der Waals surface area contributed by atoms with Crippen LogP contribution in [-0.2, 0) is 5.60 Å². The Bertz CT molecular complexity index is 389. The van der Waals surface area contributed by atoms with E-state index in [1.54, 1.807) is 0 Å². The topological polar surface area (TPSA) is 63.3 Å². The van der Waals surface area contributed by atoms with Crippen molar-refractivity contribution in [1.29, 1.82) is 0 Å². The molecule has 1 amide bonds. The van der Waals surface area contributed by atoms with Gasteiger partial charge in [0.2, 0.25) is 5.91 Å². The summed E-state index contributed by atoms with van der Waals surface area (Å²) in [6, 6.07) is 2.40. The zero-order valence-corrected chi connectivity index (χ0v) is 9.93. The number of amides is 1. The van der Waals surface area contributed by atoms with Crippen molar-refractivity contribution < 1.29 is 14.3 Å². The SMILES string of the molecule is CC(C)(O)c1c(F)cc(C(N)=O)cc1Br. The van der Waals surface area contributed by atoms with Gasteiger partial charge in [0.05, 0.1) is 5.60 Å². The van der Waals surface area contributed by atoms with Crippen molar-refractivity contribution >= 4 is 21.8 Å². The van der Waals surface area contributed by atoms with E-state index in [1.807, 2.05) is 0 Å². The smallest absolute Gasteiger partial charge is 0.248 e. The maximum absolute atomic E-state index is 13.6. The molecule has 0 radical (unpaired) electrons. The number of hydrogen-bond acceptors (Lipinski definition) is 2. The maximum atomic E-state index is 13.6. The Hall–Kier alpha value is -0.940. The van der Waals surface area contributed by atoms with E-state index in [1.165, 1.54) is 19.9 Å². The van der Waals surface area contributed by atoms with Crippen LogP contribution in [0.4, 0.5) is 4.39 Å². The van der Waals surface area contributed by atoms with Crippen LogP contribution in [0.1, 0.15) is 29.8 Å². The molecule has 82 valence electrons. The molecule has 3 nitrogen and oxygen atoms in total. The Morgan fingerprint density at radius 2 is 2.07 bits per heavy atom. The molecule has 0 aliphatic carbocycles. The average molecular weight is 276 g/mol. The first-order chi connectivity index (χ1) is 6.73. The molecule has 1 rings (SSSR count). The Labute approximate surface area is 95.2 Å². The summed E-state index contributed by atoms with van der Waals surface area (Å²) in [5.74, 6) is -1.37. The highest BCUT2D eigenvalue weighted by atomic mass is 79.9. The van der Waals surface area contributed by atoms with E-state index in [4.69, 9.17) is 5.73 Å². The molecule has 0 aromatic heterocycles. The van der Waals surface area contributed by atoms with Crippen LogP contribution in [0.25, 0.3) is 0 Å². The first-order valence-corrected chi connectivity index (χ1v) is 5.04. The van der Waals surface area contributed by atoms with Crippen LogP contribution in [0.5, 0.6) is 0 Å². The molecule has 0 heterocycles. The van der Waals surface area contributed by atoms with Crippen LogP contribution in [0, 0.1) is 5.82 Å². The zero-order valence-electron chi connectivity index (χ0n) is 8.34. The van der Waals surface area contributed by atoms with Crippen molar-refractivity contribution in [2.45, 2.75) is 19.4 Å². The lowest BCUT2D eigenvalue weighted by molar-refractivity contribution is 0.0735. The molecule has 1 aromatic rings. The van der Waals surface area contributed by atoms with Gasteiger partial charge in [-0.1, -0.05) is 15.9 Å². The average Bonchev–Trinajstić information content (AvgIpc) is 1.99. The molecule has 0 saturated carbocycles. The van der Waals surface area contributed by atoms with Crippen LogP contribution in [-0.4, -0.2) is 11.0 Å². The molecule has 15 heavy (non-hydrogen) atoms. The lowest BCUT2D eigenvalue weighted by atomic mass is 9.96. The number of benzene rings is 1. The number of rotatable bonds is 2. The number of hydrogen-bond donors (Lipinski definition) is 2. The number of aliphatic hydroxyl groups is 1. The van der Waals surface area contributed by atoms with Gasteiger partial charge in [-0.15, -0.1) is 0 Å². The van der Waals surface area contributed by atoms with Gasteiger partial charge in [0, 0.05) is 15.6 Å². The lowest BCUT2D eigenvalue weighted by Gasteiger charge is -2.20. The summed E-state index contributed by atoms with van der Waals surface area (Å²) in [6.45, 7) is 2.92. The van der Waals surface area contributed by atoms with Gasteiger partial charge in [-0.2, -0.15) is 0 Å². The highest BCUT2D eigenvalue weighted by Gasteiger charge is 2.24. The highest BCUT2D eigenvalue weighted by molar-refractivity contribution is 9.10. The van der Waals surface area contributed by atoms with Crippen LogP contribution < -0.4 is 5.73 Å². The largest absolute Gasteiger partial charge is 0.386 e. The Balaban J connectivity index is 3.41. The van der Waals surface area contributed by atoms with Crippen LogP contribution >= 0.6 is 15.9 Å². The van der Waals surface area contributed by atoms with Gasteiger partial charge >= 0.3 is 0 Å². The van der Waals surface area contributed by atoms with Crippen LogP contribution in [0.15, 0.2) is 16.6 Å². The first kappa shape index (κ1) is 12.1. The molecule has 0 atom stereocenters. The van der Waals surface area contributed by atoms with Gasteiger partial charge in [0.25, 0.3) is 0 Å². The summed E-state index contributed by atoms with van der Waals surface area (Å²) >= 11 is 3.09. The minimum atomic E-state index is -1.32. The van der Waals surface area contributed by atoms with Crippen LogP contribution in [0.3, 0.4) is 0 Å². The van der Waals surface area contributed by atoms with Crippen molar-refractivity contribution in [2.75, 3.05) is 0 Å². The fraction of sp³-hybridized carbons (Fsp3) is 0.300. The quantitative estimate of drug-likeness (QED) is 0.866. The molecule has 5 heteroatoms. The minimum absolute atomic E-state index is 0.0624. The molecule has 0 fully saturated rings. The van der Waals surface area contributed by atoms with Gasteiger partial charge in [-0.05, 0) is 26.0 Å². The molecule has 0 aliphatic rings. The number of halogens is 2. The van der Waals surface area contributed by atoms with E-state index in [0.29, 0.717) is 4.47 Å². The second-order valence-electron chi connectivity index (χ2n) is 3.74. The van der Waals surface area contributed by atoms with E-state index >= 15 is 0 Å². The molecule has 0 spiro atoms. The van der Waals surface area contributed by atoms with Gasteiger partial charge in [0.1, 0.15) is 5.82 Å². The summed E-state index contributed by atoms with van der Waals surface area (Å²) in [4.78, 5) is 10.8. The Morgan fingerprint density at radius 1 is 1.53 bits per heavy atom. The van der Waals surface area contributed by atoms with E-state index in [0.717, 1.165) is 6.07 Å². The molecule has 0 aliphatic heterocycles. The maximum Gasteiger partial charge on any atom is 0.248 e. The Kier molecular flexibility index (Phi) is 3.16. The summed E-state index contributed by atoms with van der Waals surface area (Å²) < 4.78 is 13.9. The van der Waals surface area contributed by atoms with Crippen molar-refractivity contribution in [1.82, 2.24) is 0 Å². The zero-order chi connectivity index (χ0) is 11.8. The van der Waals surface area contributed by atoms with E-state index in [-0.39, 0.29) is 11.1 Å². The summed E-state index contributed by atoms with van der Waals surface area (Å²) in [7, 11) is 0. The summed E-state index contributed by atoms with van der Waals surface area (Å²) in [5.41, 5.74) is 3.87. The van der Waals surface area contributed by atoms with Crippen LogP contribution in [0.2, 0.25) is 0 Å². The molecular weight excluding hydrogens is 265 g/mol. The predicted molar refractivity (Wildman–Crippen MR) is 57.9 cm³/mol. The van der Waals surface area contributed by atoms with Crippen molar-refractivity contribution in [3.63, 3.8) is 0 Å².